The normalized spacial score (nSPS) is 11.8. The summed E-state index contributed by atoms with van der Waals surface area (Å²) >= 11 is 0. The molecule has 0 aliphatic heterocycles. The van der Waals surface area contributed by atoms with E-state index < -0.39 is 10.0 Å². The van der Waals surface area contributed by atoms with Crippen LogP contribution in [-0.2, 0) is 16.6 Å². The highest BCUT2D eigenvalue weighted by Crippen LogP contribution is 2.25. The number of nitrogens with zero attached hydrogens (tertiary/aromatic N) is 2. The second kappa shape index (κ2) is 5.64. The highest BCUT2D eigenvalue weighted by atomic mass is 32.2. The Kier molecular flexibility index (Phi) is 4.10. The van der Waals surface area contributed by atoms with Gasteiger partial charge in [-0.3, -0.25) is 9.40 Å². The molecule has 1 aromatic heterocycles. The molecule has 1 aromatic carbocycles. The summed E-state index contributed by atoms with van der Waals surface area (Å²) < 4.78 is 26.6. The van der Waals surface area contributed by atoms with Crippen LogP contribution < -0.4 is 10.0 Å². The Morgan fingerprint density at radius 3 is 2.35 bits per heavy atom. The maximum atomic E-state index is 12.6. The molecular formula is C13H18N4O2S. The van der Waals surface area contributed by atoms with Crippen molar-refractivity contribution in [2.24, 2.45) is 5.73 Å². The van der Waals surface area contributed by atoms with Gasteiger partial charge in [0.25, 0.3) is 10.0 Å². The number of anilines is 1. The molecule has 108 valence electrons. The number of sulfonamides is 1. The zero-order chi connectivity index (χ0) is 14.8. The van der Waals surface area contributed by atoms with Gasteiger partial charge in [-0.1, -0.05) is 12.1 Å². The zero-order valence-electron chi connectivity index (χ0n) is 11.4. The highest BCUT2D eigenvalue weighted by molar-refractivity contribution is 7.92. The van der Waals surface area contributed by atoms with E-state index >= 15 is 0 Å². The van der Waals surface area contributed by atoms with Crippen molar-refractivity contribution in [1.29, 1.82) is 0 Å². The molecule has 0 saturated heterocycles. The average molecular weight is 294 g/mol. The standard InChI is InChI=1S/C13H18N4O2S/c1-10(2)17(12-5-3-11(9-14)4-6-12)20(18,19)13-7-8-15-16-13/h3-8,10H,9,14H2,1-2H3,(H,15,16). The second-order valence-corrected chi connectivity index (χ2v) is 6.47. The predicted molar refractivity (Wildman–Crippen MR) is 77.7 cm³/mol. The molecular weight excluding hydrogens is 276 g/mol. The maximum absolute atomic E-state index is 12.6. The van der Waals surface area contributed by atoms with Crippen molar-refractivity contribution < 1.29 is 8.42 Å². The molecule has 0 bridgehead atoms. The van der Waals surface area contributed by atoms with E-state index in [4.69, 9.17) is 5.73 Å². The number of H-pyrrole nitrogens is 1. The molecule has 0 radical (unpaired) electrons. The Bertz CT molecular complexity index is 648. The first-order chi connectivity index (χ1) is 9.46. The lowest BCUT2D eigenvalue weighted by Gasteiger charge is -2.27. The lowest BCUT2D eigenvalue weighted by Crippen LogP contribution is -2.37. The van der Waals surface area contributed by atoms with Crippen LogP contribution in [0.2, 0.25) is 0 Å². The third-order valence-electron chi connectivity index (χ3n) is 2.91. The average Bonchev–Trinajstić information content (AvgIpc) is 2.93. The van der Waals surface area contributed by atoms with E-state index in [2.05, 4.69) is 10.2 Å². The summed E-state index contributed by atoms with van der Waals surface area (Å²) in [5, 5.41) is 6.29. The number of hydrogen-bond acceptors (Lipinski definition) is 4. The van der Waals surface area contributed by atoms with E-state index in [1.807, 2.05) is 26.0 Å². The SMILES string of the molecule is CC(C)N(c1ccc(CN)cc1)S(=O)(=O)c1ccn[nH]1. The predicted octanol–water partition coefficient (Wildman–Crippen LogP) is 1.47. The van der Waals surface area contributed by atoms with Crippen LogP contribution in [0.5, 0.6) is 0 Å². The molecule has 0 amide bonds. The largest absolute Gasteiger partial charge is 0.326 e. The molecule has 0 fully saturated rings. The van der Waals surface area contributed by atoms with E-state index in [1.165, 1.54) is 16.6 Å². The molecule has 7 heteroatoms. The molecule has 0 aliphatic rings. The van der Waals surface area contributed by atoms with Crippen molar-refractivity contribution in [2.45, 2.75) is 31.5 Å². The summed E-state index contributed by atoms with van der Waals surface area (Å²) in [7, 11) is -3.65. The molecule has 3 N–H and O–H groups in total. The summed E-state index contributed by atoms with van der Waals surface area (Å²) in [6.07, 6.45) is 1.42. The highest BCUT2D eigenvalue weighted by Gasteiger charge is 2.28. The van der Waals surface area contributed by atoms with Gasteiger partial charge in [0.15, 0.2) is 5.03 Å². The van der Waals surface area contributed by atoms with E-state index in [0.717, 1.165) is 5.56 Å². The fraction of sp³-hybridized carbons (Fsp3) is 0.308. The Balaban J connectivity index is 2.46. The van der Waals surface area contributed by atoms with Crippen LogP contribution in [0, 0.1) is 0 Å². The summed E-state index contributed by atoms with van der Waals surface area (Å²) in [6.45, 7) is 4.07. The van der Waals surface area contributed by atoms with E-state index in [1.54, 1.807) is 12.1 Å². The Morgan fingerprint density at radius 2 is 1.90 bits per heavy atom. The van der Waals surface area contributed by atoms with Crippen LogP contribution >= 0.6 is 0 Å². The van der Waals surface area contributed by atoms with Crippen molar-refractivity contribution in [2.75, 3.05) is 4.31 Å². The molecule has 1 heterocycles. The van der Waals surface area contributed by atoms with Crippen LogP contribution in [0.25, 0.3) is 0 Å². The third-order valence-corrected chi connectivity index (χ3v) is 4.84. The van der Waals surface area contributed by atoms with Gasteiger partial charge < -0.3 is 5.73 Å². The van der Waals surface area contributed by atoms with Gasteiger partial charge in [0.1, 0.15) is 0 Å². The van der Waals surface area contributed by atoms with Gasteiger partial charge in [-0.25, -0.2) is 0 Å². The Hall–Kier alpha value is -1.86. The van der Waals surface area contributed by atoms with Crippen molar-refractivity contribution in [3.8, 4) is 0 Å². The van der Waals surface area contributed by atoms with Gasteiger partial charge in [-0.15, -0.1) is 0 Å². The Morgan fingerprint density at radius 1 is 1.25 bits per heavy atom. The lowest BCUT2D eigenvalue weighted by molar-refractivity contribution is 0.580. The number of aromatic nitrogens is 2. The van der Waals surface area contributed by atoms with Gasteiger partial charge in [0.2, 0.25) is 0 Å². The topological polar surface area (TPSA) is 92.1 Å². The molecule has 0 saturated carbocycles. The minimum absolute atomic E-state index is 0.0779. The van der Waals surface area contributed by atoms with Crippen LogP contribution in [0.4, 0.5) is 5.69 Å². The zero-order valence-corrected chi connectivity index (χ0v) is 12.3. The minimum Gasteiger partial charge on any atom is -0.326 e. The molecule has 2 aromatic rings. The number of benzene rings is 1. The first-order valence-electron chi connectivity index (χ1n) is 6.29. The van der Waals surface area contributed by atoms with Gasteiger partial charge in [0, 0.05) is 12.6 Å². The molecule has 6 nitrogen and oxygen atoms in total. The fourth-order valence-corrected chi connectivity index (χ4v) is 3.55. The molecule has 0 unspecified atom stereocenters. The second-order valence-electron chi connectivity index (χ2n) is 4.69. The maximum Gasteiger partial charge on any atom is 0.281 e. The smallest absolute Gasteiger partial charge is 0.281 e. The molecule has 2 rings (SSSR count). The Labute approximate surface area is 118 Å². The van der Waals surface area contributed by atoms with Gasteiger partial charge in [-0.2, -0.15) is 13.5 Å². The number of nitrogens with one attached hydrogen (secondary N) is 1. The van der Waals surface area contributed by atoms with Crippen LogP contribution in [0.3, 0.4) is 0 Å². The first kappa shape index (κ1) is 14.5. The summed E-state index contributed by atoms with van der Waals surface area (Å²) in [5.41, 5.74) is 7.11. The first-order valence-corrected chi connectivity index (χ1v) is 7.73. The van der Waals surface area contributed by atoms with Gasteiger partial charge in [0.05, 0.1) is 11.9 Å². The summed E-state index contributed by atoms with van der Waals surface area (Å²) in [6, 6.07) is 8.40. The minimum atomic E-state index is -3.65. The van der Waals surface area contributed by atoms with Crippen molar-refractivity contribution in [3.05, 3.63) is 42.1 Å². The van der Waals surface area contributed by atoms with E-state index in [0.29, 0.717) is 12.2 Å². The fourth-order valence-electron chi connectivity index (χ4n) is 1.99. The van der Waals surface area contributed by atoms with Crippen molar-refractivity contribution >= 4 is 15.7 Å². The quantitative estimate of drug-likeness (QED) is 0.873. The van der Waals surface area contributed by atoms with Crippen molar-refractivity contribution in [3.63, 3.8) is 0 Å². The summed E-state index contributed by atoms with van der Waals surface area (Å²) in [4.78, 5) is 0. The van der Waals surface area contributed by atoms with Crippen LogP contribution in [0.15, 0.2) is 41.6 Å². The van der Waals surface area contributed by atoms with E-state index in [9.17, 15) is 8.42 Å². The number of nitrogens with two attached hydrogens (primary N) is 1. The lowest BCUT2D eigenvalue weighted by atomic mass is 10.2. The number of hydrogen-bond donors (Lipinski definition) is 2. The number of rotatable bonds is 5. The molecule has 0 spiro atoms. The third kappa shape index (κ3) is 2.68. The number of aromatic amines is 1. The van der Waals surface area contributed by atoms with Crippen LogP contribution in [0.1, 0.15) is 19.4 Å². The molecule has 0 aliphatic carbocycles. The van der Waals surface area contributed by atoms with Crippen LogP contribution in [-0.4, -0.2) is 24.7 Å². The molecule has 20 heavy (non-hydrogen) atoms. The van der Waals surface area contributed by atoms with Gasteiger partial charge >= 0.3 is 0 Å². The molecule has 0 atom stereocenters. The van der Waals surface area contributed by atoms with E-state index in [-0.39, 0.29) is 11.1 Å². The van der Waals surface area contributed by atoms with Gasteiger partial charge in [-0.05, 0) is 37.6 Å². The summed E-state index contributed by atoms with van der Waals surface area (Å²) in [5.74, 6) is 0. The van der Waals surface area contributed by atoms with Crippen molar-refractivity contribution in [1.82, 2.24) is 10.2 Å². The monoisotopic (exact) mass is 294 g/mol.